The molecular formula is C9H15BrO3S. The van der Waals surface area contributed by atoms with E-state index in [-0.39, 0.29) is 22.4 Å². The molecule has 0 aromatic carbocycles. The quantitative estimate of drug-likeness (QED) is 0.732. The molecule has 0 amide bonds. The summed E-state index contributed by atoms with van der Waals surface area (Å²) < 4.78 is 28.1. The Kier molecular flexibility index (Phi) is 3.19. The molecule has 2 fully saturated rings. The van der Waals surface area contributed by atoms with Crippen LogP contribution in [0.2, 0.25) is 0 Å². The van der Waals surface area contributed by atoms with Gasteiger partial charge in [-0.25, -0.2) is 8.42 Å². The summed E-state index contributed by atoms with van der Waals surface area (Å²) in [6.45, 7) is 0.715. The molecular weight excluding hydrogens is 268 g/mol. The summed E-state index contributed by atoms with van der Waals surface area (Å²) in [7, 11) is -2.85. The van der Waals surface area contributed by atoms with Crippen LogP contribution in [0.25, 0.3) is 0 Å². The molecule has 1 aliphatic carbocycles. The third-order valence-electron chi connectivity index (χ3n) is 2.79. The summed E-state index contributed by atoms with van der Waals surface area (Å²) in [5, 5.41) is 0. The Hall–Kier alpha value is 0.390. The predicted molar refractivity (Wildman–Crippen MR) is 58.4 cm³/mol. The van der Waals surface area contributed by atoms with Crippen molar-refractivity contribution in [3.8, 4) is 0 Å². The monoisotopic (exact) mass is 282 g/mol. The Morgan fingerprint density at radius 2 is 2.00 bits per heavy atom. The molecule has 3 nitrogen and oxygen atoms in total. The SMILES string of the molecule is O=S1(=O)CC(Br)C(OCCC2CC2)C1. The smallest absolute Gasteiger partial charge is 0.154 e. The van der Waals surface area contributed by atoms with Crippen molar-refractivity contribution in [2.45, 2.75) is 30.2 Å². The van der Waals surface area contributed by atoms with Gasteiger partial charge in [0.25, 0.3) is 0 Å². The van der Waals surface area contributed by atoms with E-state index in [1.54, 1.807) is 0 Å². The zero-order valence-electron chi connectivity index (χ0n) is 7.99. The topological polar surface area (TPSA) is 43.4 Å². The van der Waals surface area contributed by atoms with E-state index in [9.17, 15) is 8.42 Å². The number of rotatable bonds is 4. The minimum atomic E-state index is -2.85. The van der Waals surface area contributed by atoms with E-state index in [2.05, 4.69) is 15.9 Å². The zero-order chi connectivity index (χ0) is 10.2. The van der Waals surface area contributed by atoms with E-state index >= 15 is 0 Å². The van der Waals surface area contributed by atoms with Crippen molar-refractivity contribution < 1.29 is 13.2 Å². The molecule has 14 heavy (non-hydrogen) atoms. The van der Waals surface area contributed by atoms with Gasteiger partial charge in [-0.2, -0.15) is 0 Å². The average molecular weight is 283 g/mol. The van der Waals surface area contributed by atoms with Crippen LogP contribution in [-0.4, -0.2) is 37.5 Å². The van der Waals surface area contributed by atoms with Crippen LogP contribution < -0.4 is 0 Å². The summed E-state index contributed by atoms with van der Waals surface area (Å²) in [6, 6.07) is 0. The lowest BCUT2D eigenvalue weighted by atomic mass is 10.3. The van der Waals surface area contributed by atoms with Gasteiger partial charge in [0.15, 0.2) is 9.84 Å². The lowest BCUT2D eigenvalue weighted by molar-refractivity contribution is 0.0711. The number of hydrogen-bond donors (Lipinski definition) is 0. The van der Waals surface area contributed by atoms with E-state index in [0.29, 0.717) is 6.61 Å². The number of alkyl halides is 1. The minimum Gasteiger partial charge on any atom is -0.376 e. The lowest BCUT2D eigenvalue weighted by Crippen LogP contribution is -2.23. The standard InChI is InChI=1S/C9H15BrO3S/c10-8-5-14(11,12)6-9(8)13-4-3-7-1-2-7/h7-9H,1-6H2. The van der Waals surface area contributed by atoms with Crippen LogP contribution in [0.15, 0.2) is 0 Å². The van der Waals surface area contributed by atoms with Crippen molar-refractivity contribution in [3.63, 3.8) is 0 Å². The van der Waals surface area contributed by atoms with E-state index < -0.39 is 9.84 Å². The molecule has 0 aromatic rings. The molecule has 0 bridgehead atoms. The number of ether oxygens (including phenoxy) is 1. The fourth-order valence-corrected chi connectivity index (χ4v) is 5.18. The molecule has 5 heteroatoms. The third-order valence-corrected chi connectivity index (χ3v) is 5.84. The predicted octanol–water partition coefficient (Wildman–Crippen LogP) is 1.36. The summed E-state index contributed by atoms with van der Waals surface area (Å²) in [5.41, 5.74) is 0. The van der Waals surface area contributed by atoms with Crippen LogP contribution in [0.1, 0.15) is 19.3 Å². The fraction of sp³-hybridized carbons (Fsp3) is 1.00. The van der Waals surface area contributed by atoms with Crippen molar-refractivity contribution in [2.75, 3.05) is 18.1 Å². The highest BCUT2D eigenvalue weighted by Gasteiger charge is 2.36. The van der Waals surface area contributed by atoms with Crippen molar-refractivity contribution in [3.05, 3.63) is 0 Å². The molecule has 0 N–H and O–H groups in total. The van der Waals surface area contributed by atoms with E-state index in [0.717, 1.165) is 12.3 Å². The van der Waals surface area contributed by atoms with Gasteiger partial charge in [-0.15, -0.1) is 0 Å². The van der Waals surface area contributed by atoms with Gasteiger partial charge < -0.3 is 4.74 Å². The first-order valence-electron chi connectivity index (χ1n) is 5.03. The van der Waals surface area contributed by atoms with E-state index in [1.165, 1.54) is 12.8 Å². The molecule has 1 heterocycles. The molecule has 1 saturated heterocycles. The lowest BCUT2D eigenvalue weighted by Gasteiger charge is -2.13. The van der Waals surface area contributed by atoms with Crippen LogP contribution in [-0.2, 0) is 14.6 Å². The molecule has 0 aromatic heterocycles. The van der Waals surface area contributed by atoms with Crippen LogP contribution >= 0.6 is 15.9 Å². The second-order valence-corrected chi connectivity index (χ2v) is 7.56. The molecule has 2 rings (SSSR count). The van der Waals surface area contributed by atoms with Crippen LogP contribution in [0.3, 0.4) is 0 Å². The number of hydrogen-bond acceptors (Lipinski definition) is 3. The Morgan fingerprint density at radius 3 is 2.50 bits per heavy atom. The molecule has 1 saturated carbocycles. The summed E-state index contributed by atoms with van der Waals surface area (Å²) in [5.74, 6) is 1.26. The highest BCUT2D eigenvalue weighted by Crippen LogP contribution is 2.32. The zero-order valence-corrected chi connectivity index (χ0v) is 10.4. The Bertz CT molecular complexity index is 297. The van der Waals surface area contributed by atoms with Gasteiger partial charge in [0, 0.05) is 6.61 Å². The first kappa shape index (κ1) is 10.9. The van der Waals surface area contributed by atoms with Gasteiger partial charge in [-0.05, 0) is 12.3 Å². The minimum absolute atomic E-state index is 0.00768. The number of sulfone groups is 1. The summed E-state index contributed by atoms with van der Waals surface area (Å²) in [4.78, 5) is -0.00768. The maximum Gasteiger partial charge on any atom is 0.154 e. The first-order valence-corrected chi connectivity index (χ1v) is 7.76. The maximum atomic E-state index is 11.3. The molecule has 82 valence electrons. The Labute approximate surface area is 93.3 Å². The molecule has 0 spiro atoms. The number of halogens is 1. The summed E-state index contributed by atoms with van der Waals surface area (Å²) in [6.07, 6.45) is 3.61. The van der Waals surface area contributed by atoms with Crippen molar-refractivity contribution in [1.82, 2.24) is 0 Å². The van der Waals surface area contributed by atoms with Gasteiger partial charge >= 0.3 is 0 Å². The molecule has 0 radical (unpaired) electrons. The Morgan fingerprint density at radius 1 is 1.29 bits per heavy atom. The third kappa shape index (κ3) is 2.94. The van der Waals surface area contributed by atoms with E-state index in [1.807, 2.05) is 0 Å². The average Bonchev–Trinajstić information content (AvgIpc) is 2.80. The molecule has 2 atom stereocenters. The van der Waals surface area contributed by atoms with Crippen LogP contribution in [0, 0.1) is 5.92 Å². The van der Waals surface area contributed by atoms with Crippen molar-refractivity contribution in [2.24, 2.45) is 5.92 Å². The van der Waals surface area contributed by atoms with Crippen molar-refractivity contribution >= 4 is 25.8 Å². The second kappa shape index (κ2) is 4.10. The Balaban J connectivity index is 1.74. The normalized spacial score (nSPS) is 36.1. The second-order valence-electron chi connectivity index (χ2n) is 4.23. The van der Waals surface area contributed by atoms with Crippen LogP contribution in [0.4, 0.5) is 0 Å². The van der Waals surface area contributed by atoms with Crippen LogP contribution in [0.5, 0.6) is 0 Å². The van der Waals surface area contributed by atoms with Gasteiger partial charge in [0.2, 0.25) is 0 Å². The van der Waals surface area contributed by atoms with Gasteiger partial charge in [-0.3, -0.25) is 0 Å². The van der Waals surface area contributed by atoms with Gasteiger partial charge in [0.05, 0.1) is 22.4 Å². The van der Waals surface area contributed by atoms with Gasteiger partial charge in [0.1, 0.15) is 0 Å². The fourth-order valence-electron chi connectivity index (χ4n) is 1.72. The molecule has 1 aliphatic heterocycles. The highest BCUT2D eigenvalue weighted by atomic mass is 79.9. The maximum absolute atomic E-state index is 11.3. The highest BCUT2D eigenvalue weighted by molar-refractivity contribution is 9.09. The summed E-state index contributed by atoms with van der Waals surface area (Å²) >= 11 is 3.36. The largest absolute Gasteiger partial charge is 0.376 e. The first-order chi connectivity index (χ1) is 6.57. The van der Waals surface area contributed by atoms with Gasteiger partial charge in [-0.1, -0.05) is 28.8 Å². The van der Waals surface area contributed by atoms with E-state index in [4.69, 9.17) is 4.74 Å². The molecule has 2 unspecified atom stereocenters. The van der Waals surface area contributed by atoms with Crippen molar-refractivity contribution in [1.29, 1.82) is 0 Å². The molecule has 2 aliphatic rings.